The Hall–Kier alpha value is -2.67. The molecule has 2 aliphatic heterocycles. The quantitative estimate of drug-likeness (QED) is 0.742. The summed E-state index contributed by atoms with van der Waals surface area (Å²) in [5.41, 5.74) is 1.64. The van der Waals surface area contributed by atoms with Gasteiger partial charge in [-0.3, -0.25) is 9.59 Å². The number of piperidine rings is 1. The number of fused-ring (bicyclic) bond motifs is 1. The largest absolute Gasteiger partial charge is 0.477 e. The molecule has 4 rings (SSSR count). The molecule has 1 fully saturated rings. The monoisotopic (exact) mass is 425 g/mol. The third-order valence-electron chi connectivity index (χ3n) is 5.52. The molecule has 2 heterocycles. The van der Waals surface area contributed by atoms with E-state index in [-0.39, 0.29) is 18.4 Å². The van der Waals surface area contributed by atoms with E-state index in [1.807, 2.05) is 64.6 Å². The Morgan fingerprint density at radius 1 is 1.07 bits per heavy atom. The molecular weight excluding hydrogens is 398 g/mol. The molecule has 158 valence electrons. The fourth-order valence-electron chi connectivity index (χ4n) is 4.01. The lowest BCUT2D eigenvalue weighted by atomic mass is 10.1. The van der Waals surface area contributed by atoms with Crippen molar-refractivity contribution in [2.75, 3.05) is 42.7 Å². The van der Waals surface area contributed by atoms with Crippen LogP contribution in [0, 0.1) is 0 Å². The van der Waals surface area contributed by atoms with Gasteiger partial charge in [0.2, 0.25) is 5.91 Å². The van der Waals surface area contributed by atoms with Crippen molar-refractivity contribution in [3.05, 3.63) is 48.5 Å². The van der Waals surface area contributed by atoms with Crippen LogP contribution in [0.3, 0.4) is 0 Å². The van der Waals surface area contributed by atoms with E-state index < -0.39 is 6.10 Å². The molecule has 1 atom stereocenters. The number of ether oxygens (including phenoxy) is 1. The van der Waals surface area contributed by atoms with Crippen LogP contribution in [0.4, 0.5) is 11.4 Å². The minimum Gasteiger partial charge on any atom is -0.477 e. The zero-order valence-corrected chi connectivity index (χ0v) is 18.0. The van der Waals surface area contributed by atoms with Crippen LogP contribution >= 0.6 is 11.8 Å². The number of para-hydroxylation sites is 3. The molecule has 0 bridgehead atoms. The Morgan fingerprint density at radius 2 is 1.80 bits per heavy atom. The van der Waals surface area contributed by atoms with Crippen molar-refractivity contribution in [3.8, 4) is 5.75 Å². The van der Waals surface area contributed by atoms with Gasteiger partial charge in [-0.25, -0.2) is 0 Å². The first kappa shape index (κ1) is 20.6. The third kappa shape index (κ3) is 4.56. The van der Waals surface area contributed by atoms with Crippen LogP contribution in [-0.4, -0.2) is 55.3 Å². The van der Waals surface area contributed by atoms with Gasteiger partial charge in [0.25, 0.3) is 5.91 Å². The van der Waals surface area contributed by atoms with Crippen LogP contribution in [-0.2, 0) is 9.59 Å². The lowest BCUT2D eigenvalue weighted by Crippen LogP contribution is -2.52. The number of benzene rings is 2. The minimum atomic E-state index is -0.593. The fraction of sp³-hybridized carbons (Fsp3) is 0.391. The van der Waals surface area contributed by atoms with Gasteiger partial charge in [0.05, 0.1) is 24.5 Å². The molecule has 0 spiro atoms. The maximum absolute atomic E-state index is 13.0. The highest BCUT2D eigenvalue weighted by molar-refractivity contribution is 7.98. The molecule has 0 unspecified atom stereocenters. The van der Waals surface area contributed by atoms with Crippen LogP contribution in [0.25, 0.3) is 0 Å². The summed E-state index contributed by atoms with van der Waals surface area (Å²) >= 11 is 1.59. The molecular formula is C23H27N3O3S. The molecule has 0 aliphatic carbocycles. The number of thioether (sulfide) groups is 1. The summed E-state index contributed by atoms with van der Waals surface area (Å²) in [5, 5.41) is 3.01. The molecule has 1 N–H and O–H groups in total. The van der Waals surface area contributed by atoms with E-state index in [1.165, 1.54) is 6.42 Å². The maximum Gasteiger partial charge on any atom is 0.265 e. The van der Waals surface area contributed by atoms with Crippen molar-refractivity contribution in [1.29, 1.82) is 0 Å². The number of likely N-dealkylation sites (tertiary alicyclic amines) is 1. The van der Waals surface area contributed by atoms with Gasteiger partial charge in [-0.05, 0) is 49.8 Å². The van der Waals surface area contributed by atoms with E-state index in [4.69, 9.17) is 4.74 Å². The predicted octanol–water partition coefficient (Wildman–Crippen LogP) is 3.63. The lowest BCUT2D eigenvalue weighted by molar-refractivity contribution is -0.139. The second-order valence-corrected chi connectivity index (χ2v) is 8.44. The average molecular weight is 426 g/mol. The number of carbonyl (C=O) groups is 2. The van der Waals surface area contributed by atoms with Gasteiger partial charge < -0.3 is 19.9 Å². The maximum atomic E-state index is 13.0. The normalized spacial score (nSPS) is 18.4. The first-order valence-corrected chi connectivity index (χ1v) is 11.6. The van der Waals surface area contributed by atoms with Crippen LogP contribution in [0.15, 0.2) is 53.4 Å². The molecule has 0 radical (unpaired) electrons. The van der Waals surface area contributed by atoms with E-state index in [2.05, 4.69) is 5.32 Å². The van der Waals surface area contributed by atoms with Crippen molar-refractivity contribution in [2.24, 2.45) is 0 Å². The number of amides is 2. The Morgan fingerprint density at radius 3 is 2.60 bits per heavy atom. The Kier molecular flexibility index (Phi) is 6.47. The first-order chi connectivity index (χ1) is 14.7. The van der Waals surface area contributed by atoms with Crippen molar-refractivity contribution in [3.63, 3.8) is 0 Å². The predicted molar refractivity (Wildman–Crippen MR) is 120 cm³/mol. The lowest BCUT2D eigenvalue weighted by Gasteiger charge is -2.38. The first-order valence-electron chi connectivity index (χ1n) is 10.4. The highest BCUT2D eigenvalue weighted by Crippen LogP contribution is 2.34. The third-order valence-corrected chi connectivity index (χ3v) is 6.32. The number of anilines is 2. The Balaban J connectivity index is 1.49. The van der Waals surface area contributed by atoms with Crippen LogP contribution in [0.1, 0.15) is 19.3 Å². The van der Waals surface area contributed by atoms with Gasteiger partial charge in [0.1, 0.15) is 5.75 Å². The SMILES string of the molecule is CSc1ccccc1NC(=O)CN1C[C@@H](C(=O)N2CCCCC2)Oc2ccccc21. The molecule has 6 nitrogen and oxygen atoms in total. The fourth-order valence-corrected chi connectivity index (χ4v) is 4.57. The topological polar surface area (TPSA) is 61.9 Å². The summed E-state index contributed by atoms with van der Waals surface area (Å²) in [4.78, 5) is 30.7. The van der Waals surface area contributed by atoms with Crippen LogP contribution in [0.2, 0.25) is 0 Å². The van der Waals surface area contributed by atoms with Gasteiger partial charge in [-0.1, -0.05) is 24.3 Å². The van der Waals surface area contributed by atoms with Gasteiger partial charge >= 0.3 is 0 Å². The van der Waals surface area contributed by atoms with Gasteiger partial charge in [-0.15, -0.1) is 11.8 Å². The number of hydrogen-bond acceptors (Lipinski definition) is 5. The Bertz CT molecular complexity index is 914. The molecule has 0 aromatic heterocycles. The van der Waals surface area contributed by atoms with Crippen LogP contribution < -0.4 is 15.0 Å². The van der Waals surface area contributed by atoms with E-state index in [0.29, 0.717) is 12.3 Å². The zero-order valence-electron chi connectivity index (χ0n) is 17.2. The highest BCUT2D eigenvalue weighted by atomic mass is 32.2. The second kappa shape index (κ2) is 9.43. The van der Waals surface area contributed by atoms with Crippen molar-refractivity contribution in [2.45, 2.75) is 30.3 Å². The smallest absolute Gasteiger partial charge is 0.265 e. The summed E-state index contributed by atoms with van der Waals surface area (Å²) in [5.74, 6) is 0.552. The van der Waals surface area contributed by atoms with Gasteiger partial charge in [-0.2, -0.15) is 0 Å². The number of rotatable bonds is 5. The van der Waals surface area contributed by atoms with E-state index in [1.54, 1.807) is 11.8 Å². The number of hydrogen-bond donors (Lipinski definition) is 1. The summed E-state index contributed by atoms with van der Waals surface area (Å²) in [6, 6.07) is 15.3. The summed E-state index contributed by atoms with van der Waals surface area (Å²) in [6.07, 6.45) is 4.64. The highest BCUT2D eigenvalue weighted by Gasteiger charge is 2.34. The van der Waals surface area contributed by atoms with Crippen molar-refractivity contribution in [1.82, 2.24) is 4.90 Å². The van der Waals surface area contributed by atoms with Crippen molar-refractivity contribution < 1.29 is 14.3 Å². The van der Waals surface area contributed by atoms with Gasteiger partial charge in [0, 0.05) is 18.0 Å². The molecule has 30 heavy (non-hydrogen) atoms. The average Bonchev–Trinajstić information content (AvgIpc) is 2.79. The van der Waals surface area contributed by atoms with E-state index >= 15 is 0 Å². The summed E-state index contributed by atoms with van der Waals surface area (Å²) < 4.78 is 6.05. The molecule has 2 aromatic carbocycles. The van der Waals surface area contributed by atoms with Gasteiger partial charge in [0.15, 0.2) is 6.10 Å². The second-order valence-electron chi connectivity index (χ2n) is 7.59. The molecule has 7 heteroatoms. The van der Waals surface area contributed by atoms with E-state index in [9.17, 15) is 9.59 Å². The number of nitrogens with one attached hydrogen (secondary N) is 1. The molecule has 2 amide bonds. The number of nitrogens with zero attached hydrogens (tertiary/aromatic N) is 2. The summed E-state index contributed by atoms with van der Waals surface area (Å²) in [6.45, 7) is 2.09. The number of carbonyl (C=O) groups excluding carboxylic acids is 2. The molecule has 0 saturated carbocycles. The van der Waals surface area contributed by atoms with E-state index in [0.717, 1.165) is 42.2 Å². The molecule has 1 saturated heterocycles. The standard InChI is InChI=1S/C23H27N3O3S/c1-30-21-12-6-3-9-17(21)24-22(27)16-26-15-20(23(28)25-13-7-2-8-14-25)29-19-11-5-4-10-18(19)26/h3-6,9-12,20H,2,7-8,13-16H2,1H3,(H,24,27)/t20-/m0/s1. The molecule has 2 aromatic rings. The minimum absolute atomic E-state index is 0.0161. The Labute approximate surface area is 181 Å². The van der Waals surface area contributed by atoms with Crippen molar-refractivity contribution >= 4 is 35.0 Å². The van der Waals surface area contributed by atoms with Crippen LogP contribution in [0.5, 0.6) is 5.75 Å². The summed E-state index contributed by atoms with van der Waals surface area (Å²) in [7, 11) is 0. The zero-order chi connectivity index (χ0) is 20.9. The molecule has 2 aliphatic rings.